The molecular formula is C32H58N2O12. The van der Waals surface area contributed by atoms with Crippen LogP contribution in [0.25, 0.3) is 0 Å². The van der Waals surface area contributed by atoms with Crippen LogP contribution in [0.5, 0.6) is 0 Å². The van der Waals surface area contributed by atoms with E-state index >= 15 is 0 Å². The average Bonchev–Trinajstić information content (AvgIpc) is 3.06. The van der Waals surface area contributed by atoms with Crippen molar-refractivity contribution in [2.24, 2.45) is 0 Å². The van der Waals surface area contributed by atoms with Crippen molar-refractivity contribution in [3.05, 3.63) is 35.9 Å². The maximum absolute atomic E-state index is 11.6. The molecule has 1 amide bonds. The number of nitrogens with zero attached hydrogens (tertiary/aromatic N) is 1. The lowest BCUT2D eigenvalue weighted by atomic mass is 10.2. The summed E-state index contributed by atoms with van der Waals surface area (Å²) in [7, 11) is 4.04. The Kier molecular flexibility index (Phi) is 31.5. The Morgan fingerprint density at radius 2 is 0.826 bits per heavy atom. The molecule has 0 saturated carbocycles. The highest BCUT2D eigenvalue weighted by Crippen LogP contribution is 2.00. The van der Waals surface area contributed by atoms with E-state index in [9.17, 15) is 4.79 Å². The van der Waals surface area contributed by atoms with E-state index in [0.29, 0.717) is 139 Å². The minimum absolute atomic E-state index is 0.239. The molecule has 0 saturated heterocycles. The summed E-state index contributed by atoms with van der Waals surface area (Å²) in [6.07, 6.45) is -0.468. The van der Waals surface area contributed by atoms with E-state index in [1.165, 1.54) is 0 Å². The lowest BCUT2D eigenvalue weighted by Crippen LogP contribution is -2.28. The standard InChI is InChI=1S/C32H58N2O12/c1-34(2)9-11-37-13-15-39-17-19-41-21-23-43-25-27-45-29-28-44-26-24-42-22-20-40-18-16-38-14-12-36-10-8-33-32(35)46-30-31-6-4-3-5-7-31/h3-7H,8-30H2,1-2H3,(H,33,35). The molecule has 0 aromatic heterocycles. The number of benzene rings is 1. The molecular weight excluding hydrogens is 604 g/mol. The Hall–Kier alpha value is -1.95. The fourth-order valence-corrected chi connectivity index (χ4v) is 3.33. The molecule has 46 heavy (non-hydrogen) atoms. The molecule has 14 heteroatoms. The highest BCUT2D eigenvalue weighted by Gasteiger charge is 2.02. The molecule has 0 fully saturated rings. The quantitative estimate of drug-likeness (QED) is 0.106. The van der Waals surface area contributed by atoms with Crippen LogP contribution < -0.4 is 5.32 Å². The van der Waals surface area contributed by atoms with E-state index in [0.717, 1.165) is 12.1 Å². The number of carbonyl (C=O) groups is 1. The SMILES string of the molecule is CN(C)CCOCCOCCOCCOCCOCCOCCOCCOCCOCCOCCNC(=O)OCc1ccccc1. The Labute approximate surface area is 275 Å². The zero-order valence-corrected chi connectivity index (χ0v) is 28.0. The summed E-state index contributed by atoms with van der Waals surface area (Å²) in [4.78, 5) is 13.7. The van der Waals surface area contributed by atoms with Crippen molar-refractivity contribution in [1.82, 2.24) is 10.2 Å². The summed E-state index contributed by atoms with van der Waals surface area (Å²) < 4.78 is 59.7. The van der Waals surface area contributed by atoms with Crippen molar-refractivity contribution in [2.45, 2.75) is 6.61 Å². The van der Waals surface area contributed by atoms with Crippen LogP contribution in [0, 0.1) is 0 Å². The largest absolute Gasteiger partial charge is 0.445 e. The van der Waals surface area contributed by atoms with Crippen LogP contribution >= 0.6 is 0 Å². The number of ether oxygens (including phenoxy) is 11. The molecule has 0 heterocycles. The first-order chi connectivity index (χ1) is 22.7. The summed E-state index contributed by atoms with van der Waals surface area (Å²) in [6, 6.07) is 9.51. The van der Waals surface area contributed by atoms with E-state index in [1.54, 1.807) is 0 Å². The summed E-state index contributed by atoms with van der Waals surface area (Å²) in [5, 5.41) is 2.64. The first-order valence-electron chi connectivity index (χ1n) is 16.0. The molecule has 1 rings (SSSR count). The van der Waals surface area contributed by atoms with Crippen molar-refractivity contribution in [1.29, 1.82) is 0 Å². The topological polar surface area (TPSA) is 134 Å². The first-order valence-corrected chi connectivity index (χ1v) is 16.0. The third-order valence-electron chi connectivity index (χ3n) is 5.76. The molecule has 1 aromatic rings. The molecule has 0 unspecified atom stereocenters. The van der Waals surface area contributed by atoms with E-state index in [1.807, 2.05) is 44.4 Å². The van der Waals surface area contributed by atoms with Gasteiger partial charge in [0.05, 0.1) is 132 Å². The Morgan fingerprint density at radius 1 is 0.500 bits per heavy atom. The molecule has 1 aromatic carbocycles. The van der Waals surface area contributed by atoms with Gasteiger partial charge in [-0.25, -0.2) is 4.79 Å². The predicted octanol–water partition coefficient (Wildman–Crippen LogP) is 1.64. The predicted molar refractivity (Wildman–Crippen MR) is 171 cm³/mol. The van der Waals surface area contributed by atoms with E-state index in [2.05, 4.69) is 10.2 Å². The van der Waals surface area contributed by atoms with Crippen molar-refractivity contribution >= 4 is 6.09 Å². The molecule has 268 valence electrons. The van der Waals surface area contributed by atoms with E-state index < -0.39 is 6.09 Å². The number of hydrogen-bond donors (Lipinski definition) is 1. The Bertz CT molecular complexity index is 764. The normalized spacial score (nSPS) is 11.4. The van der Waals surface area contributed by atoms with Crippen LogP contribution in [0.15, 0.2) is 30.3 Å². The molecule has 0 aliphatic carbocycles. The summed E-state index contributed by atoms with van der Waals surface area (Å²) in [6.45, 7) is 11.8. The minimum Gasteiger partial charge on any atom is -0.445 e. The monoisotopic (exact) mass is 662 g/mol. The molecule has 0 bridgehead atoms. The maximum atomic E-state index is 11.6. The molecule has 0 aliphatic rings. The van der Waals surface area contributed by atoms with Crippen LogP contribution in [-0.4, -0.2) is 170 Å². The second-order valence-electron chi connectivity index (χ2n) is 9.92. The number of carbonyl (C=O) groups excluding carboxylic acids is 1. The molecule has 0 aliphatic heterocycles. The van der Waals surface area contributed by atoms with Crippen LogP contribution in [0.3, 0.4) is 0 Å². The number of hydrogen-bond acceptors (Lipinski definition) is 13. The van der Waals surface area contributed by atoms with Gasteiger partial charge in [-0.1, -0.05) is 30.3 Å². The number of likely N-dealkylation sites (N-methyl/N-ethyl adjacent to an activating group) is 1. The first kappa shape index (κ1) is 42.1. The summed E-state index contributed by atoms with van der Waals surface area (Å²) in [5.74, 6) is 0. The van der Waals surface area contributed by atoms with Gasteiger partial charge in [0, 0.05) is 13.1 Å². The Balaban J connectivity index is 1.64. The molecule has 1 N–H and O–H groups in total. The second kappa shape index (κ2) is 34.4. The highest BCUT2D eigenvalue weighted by atomic mass is 16.6. The van der Waals surface area contributed by atoms with Crippen molar-refractivity contribution in [2.75, 3.05) is 159 Å². The molecule has 0 radical (unpaired) electrons. The van der Waals surface area contributed by atoms with E-state index in [-0.39, 0.29) is 6.61 Å². The molecule has 0 spiro atoms. The van der Waals surface area contributed by atoms with Gasteiger partial charge in [-0.05, 0) is 19.7 Å². The van der Waals surface area contributed by atoms with Crippen molar-refractivity contribution < 1.29 is 56.9 Å². The van der Waals surface area contributed by atoms with Gasteiger partial charge in [0.2, 0.25) is 0 Å². The fourth-order valence-electron chi connectivity index (χ4n) is 3.33. The number of alkyl carbamates (subject to hydrolysis) is 1. The van der Waals surface area contributed by atoms with Gasteiger partial charge >= 0.3 is 6.09 Å². The minimum atomic E-state index is -0.468. The van der Waals surface area contributed by atoms with Crippen LogP contribution in [0.4, 0.5) is 4.79 Å². The van der Waals surface area contributed by atoms with Gasteiger partial charge in [0.1, 0.15) is 6.61 Å². The van der Waals surface area contributed by atoms with Crippen LogP contribution in [0.1, 0.15) is 5.56 Å². The van der Waals surface area contributed by atoms with Gasteiger partial charge in [0.15, 0.2) is 0 Å². The molecule has 14 nitrogen and oxygen atoms in total. The smallest absolute Gasteiger partial charge is 0.407 e. The zero-order valence-electron chi connectivity index (χ0n) is 28.0. The van der Waals surface area contributed by atoms with Crippen LogP contribution in [0.2, 0.25) is 0 Å². The molecule has 0 atom stereocenters. The lowest BCUT2D eigenvalue weighted by molar-refractivity contribution is -0.0264. The lowest BCUT2D eigenvalue weighted by Gasteiger charge is -2.10. The fraction of sp³-hybridized carbons (Fsp3) is 0.781. The number of nitrogens with one attached hydrogen (secondary N) is 1. The van der Waals surface area contributed by atoms with Crippen LogP contribution in [-0.2, 0) is 58.7 Å². The third kappa shape index (κ3) is 32.0. The van der Waals surface area contributed by atoms with E-state index in [4.69, 9.17) is 52.1 Å². The Morgan fingerprint density at radius 3 is 1.17 bits per heavy atom. The zero-order chi connectivity index (χ0) is 33.0. The third-order valence-corrected chi connectivity index (χ3v) is 5.76. The average molecular weight is 663 g/mol. The van der Waals surface area contributed by atoms with Crippen molar-refractivity contribution in [3.8, 4) is 0 Å². The summed E-state index contributed by atoms with van der Waals surface area (Å²) >= 11 is 0. The van der Waals surface area contributed by atoms with Gasteiger partial charge in [-0.15, -0.1) is 0 Å². The van der Waals surface area contributed by atoms with Crippen molar-refractivity contribution in [3.63, 3.8) is 0 Å². The maximum Gasteiger partial charge on any atom is 0.407 e. The second-order valence-corrected chi connectivity index (χ2v) is 9.92. The van der Waals surface area contributed by atoms with Gasteiger partial charge in [-0.3, -0.25) is 0 Å². The van der Waals surface area contributed by atoms with Gasteiger partial charge in [0.25, 0.3) is 0 Å². The van der Waals surface area contributed by atoms with Gasteiger partial charge in [-0.2, -0.15) is 0 Å². The number of rotatable bonds is 35. The summed E-state index contributed by atoms with van der Waals surface area (Å²) in [5.41, 5.74) is 0.939. The van der Waals surface area contributed by atoms with Gasteiger partial charge < -0.3 is 62.3 Å². The highest BCUT2D eigenvalue weighted by molar-refractivity contribution is 5.67. The number of amides is 1.